The maximum Gasteiger partial charge on any atom is 0.472 e. The van der Waals surface area contributed by atoms with Gasteiger partial charge in [-0.05, 0) is 82.6 Å². The molecule has 5 N–H and O–H groups in total. The molecule has 14 heteroatoms. The molecule has 0 fully saturated rings. The smallest absolute Gasteiger partial charge is 0.472 e. The standard InChI is InChI=1S/C44H70NO12P/c1-3-5-7-8-9-10-11-12-13-14-15-16-17-18-24-28-43(49)57-38(34-55-58(52,53)56-35-40(45)44(50)51)33-54-42(48)27-23-20-19-22-25-36-29-32-41(47)39(36)31-30-37(46)26-21-6-4-2/h9-10,12-13,15-16,19,22,29-32,36-40,46H,3-8,11,14,17-18,20-21,23-28,33-35,45H2,1-2H3,(H,50,51)(H,52,53)/b10-9-,13-12-,16-15-,22-19-,31-30+/t36-,37-,38+,39+,40-/m0/s1. The third-order valence-corrected chi connectivity index (χ3v) is 10.1. The first-order valence-electron chi connectivity index (χ1n) is 21.0. The molecule has 0 spiro atoms. The summed E-state index contributed by atoms with van der Waals surface area (Å²) in [6.07, 6.45) is 36.1. The third-order valence-electron chi connectivity index (χ3n) is 9.17. The lowest BCUT2D eigenvalue weighted by Gasteiger charge is -2.20. The van der Waals surface area contributed by atoms with E-state index in [0.717, 1.165) is 51.4 Å². The topological polar surface area (TPSA) is 209 Å². The van der Waals surface area contributed by atoms with E-state index in [1.54, 1.807) is 18.2 Å². The third kappa shape index (κ3) is 28.1. The van der Waals surface area contributed by atoms with Gasteiger partial charge in [-0.1, -0.05) is 113 Å². The average molecular weight is 836 g/mol. The minimum atomic E-state index is -4.78. The van der Waals surface area contributed by atoms with Crippen LogP contribution in [-0.2, 0) is 42.3 Å². The van der Waals surface area contributed by atoms with Crippen LogP contribution in [0.3, 0.4) is 0 Å². The fraction of sp³-hybridized carbons (Fsp3) is 0.636. The summed E-state index contributed by atoms with van der Waals surface area (Å²) in [4.78, 5) is 58.4. The number of phosphoric ester groups is 1. The van der Waals surface area contributed by atoms with Gasteiger partial charge in [0.15, 0.2) is 11.9 Å². The molecule has 0 heterocycles. The molecule has 0 bridgehead atoms. The van der Waals surface area contributed by atoms with E-state index in [4.69, 9.17) is 24.8 Å². The number of unbranched alkanes of at least 4 members (excludes halogenated alkanes) is 8. The lowest BCUT2D eigenvalue weighted by atomic mass is 9.90. The van der Waals surface area contributed by atoms with Gasteiger partial charge in [-0.25, -0.2) is 4.57 Å². The van der Waals surface area contributed by atoms with E-state index in [0.29, 0.717) is 32.1 Å². The second-order valence-corrected chi connectivity index (χ2v) is 15.9. The first-order valence-corrected chi connectivity index (χ1v) is 22.5. The Labute approximate surface area is 346 Å². The van der Waals surface area contributed by atoms with Crippen molar-refractivity contribution in [2.75, 3.05) is 19.8 Å². The summed E-state index contributed by atoms with van der Waals surface area (Å²) in [6.45, 7) is 2.41. The van der Waals surface area contributed by atoms with E-state index in [9.17, 15) is 33.7 Å². The molecule has 0 aromatic rings. The highest BCUT2D eigenvalue weighted by Gasteiger charge is 2.29. The van der Waals surface area contributed by atoms with Gasteiger partial charge in [-0.3, -0.25) is 28.2 Å². The number of nitrogens with two attached hydrogens (primary N) is 1. The zero-order valence-corrected chi connectivity index (χ0v) is 35.6. The summed E-state index contributed by atoms with van der Waals surface area (Å²) in [6, 6.07) is -1.56. The number of carboxylic acid groups (broad SMARTS) is 1. The van der Waals surface area contributed by atoms with Gasteiger partial charge in [-0.15, -0.1) is 0 Å². The van der Waals surface area contributed by atoms with E-state index in [2.05, 4.69) is 54.8 Å². The number of hydrogen-bond acceptors (Lipinski definition) is 11. The molecule has 0 radical (unpaired) electrons. The molecule has 0 aliphatic heterocycles. The van der Waals surface area contributed by atoms with Crippen LogP contribution in [0.5, 0.6) is 0 Å². The number of rotatable bonds is 35. The van der Waals surface area contributed by atoms with Crippen LogP contribution in [-0.4, -0.2) is 76.9 Å². The number of esters is 2. The zero-order chi connectivity index (χ0) is 42.9. The molecule has 58 heavy (non-hydrogen) atoms. The number of ether oxygens (including phenoxy) is 2. The minimum absolute atomic E-state index is 0.00453. The highest BCUT2D eigenvalue weighted by atomic mass is 31.2. The molecule has 1 unspecified atom stereocenters. The highest BCUT2D eigenvalue weighted by Crippen LogP contribution is 2.43. The molecule has 328 valence electrons. The molecular formula is C44H70NO12P. The zero-order valence-electron chi connectivity index (χ0n) is 34.7. The van der Waals surface area contributed by atoms with E-state index in [1.165, 1.54) is 19.3 Å². The van der Waals surface area contributed by atoms with Crippen molar-refractivity contribution in [2.24, 2.45) is 17.6 Å². The number of phosphoric acid groups is 1. The van der Waals surface area contributed by atoms with Crippen LogP contribution >= 0.6 is 7.82 Å². The van der Waals surface area contributed by atoms with Crippen LogP contribution in [0.1, 0.15) is 129 Å². The molecule has 1 aliphatic carbocycles. The first-order chi connectivity index (χ1) is 27.9. The van der Waals surface area contributed by atoms with Crippen molar-refractivity contribution < 1.29 is 57.4 Å². The van der Waals surface area contributed by atoms with E-state index < -0.39 is 63.8 Å². The summed E-state index contributed by atoms with van der Waals surface area (Å²) >= 11 is 0. The first kappa shape index (κ1) is 52.6. The van der Waals surface area contributed by atoms with Crippen molar-refractivity contribution in [3.05, 3.63) is 72.9 Å². The minimum Gasteiger partial charge on any atom is -0.480 e. The van der Waals surface area contributed by atoms with Crippen molar-refractivity contribution in [2.45, 2.75) is 148 Å². The van der Waals surface area contributed by atoms with Gasteiger partial charge in [0.05, 0.1) is 19.3 Å². The van der Waals surface area contributed by atoms with E-state index in [-0.39, 0.29) is 30.5 Å². The fourth-order valence-electron chi connectivity index (χ4n) is 5.71. The Morgan fingerprint density at radius 1 is 0.793 bits per heavy atom. The normalized spacial score (nSPS) is 18.5. The number of aliphatic hydroxyl groups is 1. The van der Waals surface area contributed by atoms with Gasteiger partial charge >= 0.3 is 25.7 Å². The molecule has 13 nitrogen and oxygen atoms in total. The number of carbonyl (C=O) groups excluding carboxylic acids is 3. The number of aliphatic carboxylic acids is 1. The molecule has 1 aliphatic rings. The fourth-order valence-corrected chi connectivity index (χ4v) is 6.49. The number of carboxylic acids is 1. The van der Waals surface area contributed by atoms with Crippen molar-refractivity contribution in [3.63, 3.8) is 0 Å². The van der Waals surface area contributed by atoms with Crippen LogP contribution in [0.4, 0.5) is 0 Å². The Hall–Kier alpha value is -3.45. The van der Waals surface area contributed by atoms with Gasteiger partial charge in [0.1, 0.15) is 12.6 Å². The van der Waals surface area contributed by atoms with Gasteiger partial charge in [-0.2, -0.15) is 0 Å². The lowest BCUT2D eigenvalue weighted by Crippen LogP contribution is -2.34. The van der Waals surface area contributed by atoms with E-state index >= 15 is 0 Å². The summed E-state index contributed by atoms with van der Waals surface area (Å²) < 4.78 is 32.6. The Morgan fingerprint density at radius 2 is 1.38 bits per heavy atom. The van der Waals surface area contributed by atoms with Crippen molar-refractivity contribution >= 4 is 31.5 Å². The highest BCUT2D eigenvalue weighted by molar-refractivity contribution is 7.47. The molecule has 0 aromatic heterocycles. The predicted octanol–water partition coefficient (Wildman–Crippen LogP) is 8.56. The molecule has 1 rings (SSSR count). The summed E-state index contributed by atoms with van der Waals surface area (Å²) in [5.74, 6) is -2.91. The van der Waals surface area contributed by atoms with Crippen LogP contribution < -0.4 is 5.73 Å². The van der Waals surface area contributed by atoms with E-state index in [1.807, 2.05) is 18.2 Å². The predicted molar refractivity (Wildman–Crippen MR) is 225 cm³/mol. The largest absolute Gasteiger partial charge is 0.480 e. The van der Waals surface area contributed by atoms with Crippen LogP contribution in [0, 0.1) is 11.8 Å². The molecule has 0 saturated heterocycles. The molecule has 0 amide bonds. The number of allylic oxidation sites excluding steroid dienone is 11. The second-order valence-electron chi connectivity index (χ2n) is 14.4. The quantitative estimate of drug-likeness (QED) is 0.0204. The van der Waals surface area contributed by atoms with Crippen LogP contribution in [0.25, 0.3) is 0 Å². The monoisotopic (exact) mass is 835 g/mol. The molecule has 0 aromatic carbocycles. The number of hydrogen-bond donors (Lipinski definition) is 4. The van der Waals surface area contributed by atoms with Gasteiger partial charge in [0.25, 0.3) is 0 Å². The maximum absolute atomic E-state index is 12.6. The molecule has 0 saturated carbocycles. The Bertz CT molecular complexity index is 1400. The maximum atomic E-state index is 12.6. The average Bonchev–Trinajstić information content (AvgIpc) is 3.55. The SMILES string of the molecule is CCCCC/C=C\C/C=C\C/C=C\CCCCC(=O)O[C@H](COC(=O)CCC/C=C\C[C@H]1C=CC(=O)[C@@H]1/C=C/[C@@H](O)CCCCC)COP(=O)(O)OC[C@H](N)C(=O)O. The number of ketones is 1. The summed E-state index contributed by atoms with van der Waals surface area (Å²) in [7, 11) is -4.78. The molecule has 6 atom stereocenters. The summed E-state index contributed by atoms with van der Waals surface area (Å²) in [5.41, 5.74) is 5.32. The van der Waals surface area contributed by atoms with Crippen LogP contribution in [0.2, 0.25) is 0 Å². The lowest BCUT2D eigenvalue weighted by molar-refractivity contribution is -0.161. The van der Waals surface area contributed by atoms with Crippen molar-refractivity contribution in [3.8, 4) is 0 Å². The molecular weight excluding hydrogens is 765 g/mol. The second kappa shape index (κ2) is 33.4. The number of aliphatic hydroxyl groups excluding tert-OH is 1. The Balaban J connectivity index is 2.52. The van der Waals surface area contributed by atoms with Crippen molar-refractivity contribution in [1.29, 1.82) is 0 Å². The van der Waals surface area contributed by atoms with Gasteiger partial charge in [0, 0.05) is 18.8 Å². The van der Waals surface area contributed by atoms with Gasteiger partial charge in [0.2, 0.25) is 0 Å². The van der Waals surface area contributed by atoms with Crippen molar-refractivity contribution in [1.82, 2.24) is 0 Å². The number of carbonyl (C=O) groups is 4. The summed E-state index contributed by atoms with van der Waals surface area (Å²) in [5, 5.41) is 19.1. The Kier molecular flexibility index (Phi) is 30.3. The van der Waals surface area contributed by atoms with Crippen LogP contribution in [0.15, 0.2) is 72.9 Å². The Morgan fingerprint density at radius 3 is 2.05 bits per heavy atom. The van der Waals surface area contributed by atoms with Gasteiger partial charge < -0.3 is 30.3 Å².